The molecular weight excluding hydrogens is 383 g/mol. The summed E-state index contributed by atoms with van der Waals surface area (Å²) in [6.45, 7) is -0.172. The van der Waals surface area contributed by atoms with Crippen LogP contribution in [-0.4, -0.2) is 32.0 Å². The number of fused-ring (bicyclic) bond motifs is 1. The fourth-order valence-electron chi connectivity index (χ4n) is 3.23. The number of nitrogens with one attached hydrogen (secondary N) is 1. The molecule has 0 atom stereocenters. The Bertz CT molecular complexity index is 1040. The number of aryl methyl sites for hydroxylation is 1. The summed E-state index contributed by atoms with van der Waals surface area (Å²) >= 11 is 1.40. The van der Waals surface area contributed by atoms with Crippen molar-refractivity contribution in [2.75, 3.05) is 5.32 Å². The summed E-state index contributed by atoms with van der Waals surface area (Å²) in [5.41, 5.74) is 7.50. The molecular formula is C18H17FN6O2S. The predicted molar refractivity (Wildman–Crippen MR) is 101 cm³/mol. The third-order valence-electron chi connectivity index (χ3n) is 4.51. The van der Waals surface area contributed by atoms with Gasteiger partial charge in [-0.1, -0.05) is 0 Å². The quantitative estimate of drug-likeness (QED) is 0.681. The molecule has 144 valence electrons. The minimum atomic E-state index is -0.535. The average Bonchev–Trinajstić information content (AvgIpc) is 3.26. The van der Waals surface area contributed by atoms with E-state index in [9.17, 15) is 14.0 Å². The zero-order valence-electron chi connectivity index (χ0n) is 14.8. The van der Waals surface area contributed by atoms with Gasteiger partial charge in [-0.15, -0.1) is 21.5 Å². The Morgan fingerprint density at radius 2 is 1.96 bits per heavy atom. The molecule has 0 radical (unpaired) electrons. The van der Waals surface area contributed by atoms with E-state index in [2.05, 4.69) is 20.7 Å². The summed E-state index contributed by atoms with van der Waals surface area (Å²) in [6, 6.07) is 5.66. The van der Waals surface area contributed by atoms with Crippen molar-refractivity contribution in [3.63, 3.8) is 0 Å². The lowest BCUT2D eigenvalue weighted by Crippen LogP contribution is -2.22. The van der Waals surface area contributed by atoms with Crippen molar-refractivity contribution in [2.24, 2.45) is 5.73 Å². The summed E-state index contributed by atoms with van der Waals surface area (Å²) < 4.78 is 13.0. The molecule has 2 heterocycles. The standard InChI is InChI=1S/C18H17FN6O2S/c19-11-7-5-10(6-8-11)17-22-24-25(23-17)9-14(26)21-18-15(16(20)27)12-3-1-2-4-13(12)28-18/h5-8H,1-4,9H2,(H2,20,27)(H,21,26). The summed E-state index contributed by atoms with van der Waals surface area (Å²) in [5, 5.41) is 15.1. The first-order chi connectivity index (χ1) is 13.5. The number of aromatic nitrogens is 4. The molecule has 0 unspecified atom stereocenters. The fourth-order valence-corrected chi connectivity index (χ4v) is 4.54. The molecule has 1 aliphatic carbocycles. The molecule has 3 N–H and O–H groups in total. The van der Waals surface area contributed by atoms with Crippen molar-refractivity contribution < 1.29 is 14.0 Å². The number of tetrazole rings is 1. The highest BCUT2D eigenvalue weighted by Gasteiger charge is 2.25. The van der Waals surface area contributed by atoms with Crippen LogP contribution in [0.3, 0.4) is 0 Å². The number of hydrogen-bond donors (Lipinski definition) is 2. The summed E-state index contributed by atoms with van der Waals surface area (Å²) in [6.07, 6.45) is 3.76. The van der Waals surface area contributed by atoms with Gasteiger partial charge in [-0.05, 0) is 60.7 Å². The number of nitrogens with zero attached hydrogens (tertiary/aromatic N) is 4. The maximum atomic E-state index is 13.0. The number of nitrogens with two attached hydrogens (primary N) is 1. The van der Waals surface area contributed by atoms with Crippen LogP contribution in [0.2, 0.25) is 0 Å². The number of amides is 2. The smallest absolute Gasteiger partial charge is 0.251 e. The molecule has 1 aliphatic rings. The van der Waals surface area contributed by atoms with E-state index >= 15 is 0 Å². The van der Waals surface area contributed by atoms with Crippen molar-refractivity contribution in [3.8, 4) is 11.4 Å². The van der Waals surface area contributed by atoms with Gasteiger partial charge in [-0.3, -0.25) is 9.59 Å². The van der Waals surface area contributed by atoms with Crippen LogP contribution in [0, 0.1) is 5.82 Å². The number of halogens is 1. The highest BCUT2D eigenvalue weighted by atomic mass is 32.1. The molecule has 1 aromatic carbocycles. The van der Waals surface area contributed by atoms with Crippen LogP contribution >= 0.6 is 11.3 Å². The van der Waals surface area contributed by atoms with Crippen LogP contribution in [0.5, 0.6) is 0 Å². The van der Waals surface area contributed by atoms with E-state index in [1.807, 2.05) is 0 Å². The first-order valence-corrected chi connectivity index (χ1v) is 9.61. The van der Waals surface area contributed by atoms with Gasteiger partial charge >= 0.3 is 0 Å². The van der Waals surface area contributed by atoms with Crippen LogP contribution in [0.15, 0.2) is 24.3 Å². The minimum absolute atomic E-state index is 0.172. The zero-order valence-corrected chi connectivity index (χ0v) is 15.6. The number of hydrogen-bond acceptors (Lipinski definition) is 6. The molecule has 0 fully saturated rings. The van der Waals surface area contributed by atoms with E-state index in [1.165, 1.54) is 35.6 Å². The van der Waals surface area contributed by atoms with Gasteiger partial charge in [0.2, 0.25) is 11.7 Å². The van der Waals surface area contributed by atoms with E-state index in [0.717, 1.165) is 40.9 Å². The molecule has 8 nitrogen and oxygen atoms in total. The number of carbonyl (C=O) groups excluding carboxylic acids is 2. The summed E-state index contributed by atoms with van der Waals surface area (Å²) in [5.74, 6) is -0.993. The molecule has 0 saturated heterocycles. The van der Waals surface area contributed by atoms with Crippen molar-refractivity contribution in [1.29, 1.82) is 0 Å². The van der Waals surface area contributed by atoms with Crippen molar-refractivity contribution in [3.05, 3.63) is 46.1 Å². The molecule has 28 heavy (non-hydrogen) atoms. The molecule has 2 aromatic heterocycles. The van der Waals surface area contributed by atoms with Crippen molar-refractivity contribution in [2.45, 2.75) is 32.2 Å². The van der Waals surface area contributed by atoms with Gasteiger partial charge in [-0.2, -0.15) is 4.80 Å². The van der Waals surface area contributed by atoms with Gasteiger partial charge in [-0.25, -0.2) is 4.39 Å². The lowest BCUT2D eigenvalue weighted by Gasteiger charge is -2.11. The van der Waals surface area contributed by atoms with Gasteiger partial charge < -0.3 is 11.1 Å². The lowest BCUT2D eigenvalue weighted by atomic mass is 9.95. The molecule has 4 rings (SSSR count). The molecule has 0 aliphatic heterocycles. The highest BCUT2D eigenvalue weighted by molar-refractivity contribution is 7.17. The zero-order chi connectivity index (χ0) is 19.7. The Kier molecular flexibility index (Phi) is 4.86. The van der Waals surface area contributed by atoms with E-state index in [-0.39, 0.29) is 24.1 Å². The van der Waals surface area contributed by atoms with Gasteiger partial charge in [0.05, 0.1) is 5.56 Å². The number of primary amides is 1. The second kappa shape index (κ2) is 7.47. The Morgan fingerprint density at radius 3 is 2.71 bits per heavy atom. The van der Waals surface area contributed by atoms with Crippen LogP contribution in [-0.2, 0) is 24.2 Å². The second-order valence-electron chi connectivity index (χ2n) is 6.48. The molecule has 0 spiro atoms. The Hall–Kier alpha value is -3.14. The molecule has 2 amide bonds. The Balaban J connectivity index is 1.49. The van der Waals surface area contributed by atoms with Crippen molar-refractivity contribution >= 4 is 28.2 Å². The van der Waals surface area contributed by atoms with Crippen LogP contribution in [0.1, 0.15) is 33.6 Å². The normalized spacial score (nSPS) is 13.2. The van der Waals surface area contributed by atoms with E-state index in [1.54, 1.807) is 0 Å². The number of benzene rings is 1. The van der Waals surface area contributed by atoms with E-state index < -0.39 is 5.91 Å². The summed E-state index contributed by atoms with van der Waals surface area (Å²) in [4.78, 5) is 26.6. The monoisotopic (exact) mass is 400 g/mol. The second-order valence-corrected chi connectivity index (χ2v) is 7.58. The number of thiophene rings is 1. The highest BCUT2D eigenvalue weighted by Crippen LogP contribution is 2.37. The van der Waals surface area contributed by atoms with E-state index in [0.29, 0.717) is 16.1 Å². The molecule has 3 aromatic rings. The predicted octanol–water partition coefficient (Wildman–Crippen LogP) is 2.16. The lowest BCUT2D eigenvalue weighted by molar-refractivity contribution is -0.117. The maximum Gasteiger partial charge on any atom is 0.251 e. The van der Waals surface area contributed by atoms with Crippen LogP contribution in [0.4, 0.5) is 9.39 Å². The Labute approximate surface area is 163 Å². The first-order valence-electron chi connectivity index (χ1n) is 8.79. The minimum Gasteiger partial charge on any atom is -0.365 e. The molecule has 10 heteroatoms. The van der Waals surface area contributed by atoms with Gasteiger partial charge in [0.15, 0.2) is 0 Å². The number of anilines is 1. The molecule has 0 saturated carbocycles. The average molecular weight is 400 g/mol. The van der Waals surface area contributed by atoms with Gasteiger partial charge in [0.25, 0.3) is 5.91 Å². The molecule has 0 bridgehead atoms. The Morgan fingerprint density at radius 1 is 1.21 bits per heavy atom. The number of carbonyl (C=O) groups is 2. The third kappa shape index (κ3) is 3.63. The first kappa shape index (κ1) is 18.2. The summed E-state index contributed by atoms with van der Waals surface area (Å²) in [7, 11) is 0. The van der Waals surface area contributed by atoms with Crippen molar-refractivity contribution in [1.82, 2.24) is 20.2 Å². The topological polar surface area (TPSA) is 116 Å². The van der Waals surface area contributed by atoms with Gasteiger partial charge in [0.1, 0.15) is 17.4 Å². The van der Waals surface area contributed by atoms with Crippen LogP contribution < -0.4 is 11.1 Å². The third-order valence-corrected chi connectivity index (χ3v) is 5.72. The largest absolute Gasteiger partial charge is 0.365 e. The number of rotatable bonds is 5. The van der Waals surface area contributed by atoms with Crippen LogP contribution in [0.25, 0.3) is 11.4 Å². The fraction of sp³-hybridized carbons (Fsp3) is 0.278. The SMILES string of the molecule is NC(=O)c1c(NC(=O)Cn2nnc(-c3ccc(F)cc3)n2)sc2c1CCCC2. The maximum absolute atomic E-state index is 13.0. The van der Waals surface area contributed by atoms with E-state index in [4.69, 9.17) is 5.73 Å². The van der Waals surface area contributed by atoms with Gasteiger partial charge in [0, 0.05) is 10.4 Å².